The van der Waals surface area contributed by atoms with Crippen LogP contribution in [0, 0.1) is 6.92 Å². The molecule has 0 saturated carbocycles. The van der Waals surface area contributed by atoms with Gasteiger partial charge < -0.3 is 4.74 Å². The minimum absolute atomic E-state index is 0.455. The van der Waals surface area contributed by atoms with Crippen LogP contribution in [0.25, 0.3) is 0 Å². The second-order valence-corrected chi connectivity index (χ2v) is 5.71. The van der Waals surface area contributed by atoms with Crippen molar-refractivity contribution in [2.75, 3.05) is 5.32 Å². The summed E-state index contributed by atoms with van der Waals surface area (Å²) in [5.74, 6) is 0. The van der Waals surface area contributed by atoms with E-state index >= 15 is 0 Å². The van der Waals surface area contributed by atoms with Crippen LogP contribution < -0.4 is 5.32 Å². The summed E-state index contributed by atoms with van der Waals surface area (Å²) in [6.07, 6.45) is 0.419. The van der Waals surface area contributed by atoms with E-state index in [1.165, 1.54) is 11.3 Å². The van der Waals surface area contributed by atoms with Gasteiger partial charge in [-0.15, -0.1) is 11.3 Å². The number of carbonyl (C=O) groups excluding carboxylic acids is 1. The number of aryl methyl sites for hydroxylation is 2. The zero-order chi connectivity index (χ0) is 12.3. The Morgan fingerprint density at radius 1 is 1.50 bits per heavy atom. The minimum Gasteiger partial charge on any atom is -0.444 e. The molecule has 1 heterocycles. The number of anilines is 1. The lowest BCUT2D eigenvalue weighted by molar-refractivity contribution is 0.0636. The van der Waals surface area contributed by atoms with Gasteiger partial charge in [-0.3, -0.25) is 5.32 Å². The molecule has 0 aliphatic carbocycles. The second-order valence-electron chi connectivity index (χ2n) is 4.50. The van der Waals surface area contributed by atoms with Crippen LogP contribution in [0.15, 0.2) is 0 Å². The van der Waals surface area contributed by atoms with Gasteiger partial charge in [0.2, 0.25) is 0 Å². The standard InChI is InChI=1S/C11H18N2O2S/c1-6-8-7(2)16-9(12-8)13-10(14)15-11(3,4)5/h6H2,1-5H3,(H,12,13,14). The van der Waals surface area contributed by atoms with Crippen molar-refractivity contribution in [3.63, 3.8) is 0 Å². The Bertz CT molecular complexity index is 380. The number of nitrogens with one attached hydrogen (secondary N) is 1. The van der Waals surface area contributed by atoms with E-state index in [0.717, 1.165) is 17.0 Å². The van der Waals surface area contributed by atoms with Crippen molar-refractivity contribution in [3.8, 4) is 0 Å². The van der Waals surface area contributed by atoms with Crippen LogP contribution in [0.2, 0.25) is 0 Å². The Morgan fingerprint density at radius 2 is 2.12 bits per heavy atom. The summed E-state index contributed by atoms with van der Waals surface area (Å²) in [6.45, 7) is 9.53. The lowest BCUT2D eigenvalue weighted by atomic mass is 10.2. The predicted octanol–water partition coefficient (Wildman–Crippen LogP) is 3.36. The van der Waals surface area contributed by atoms with Gasteiger partial charge in [-0.25, -0.2) is 9.78 Å². The summed E-state index contributed by atoms with van der Waals surface area (Å²) in [4.78, 5) is 16.9. The predicted molar refractivity (Wildman–Crippen MR) is 66.1 cm³/mol. The van der Waals surface area contributed by atoms with Crippen LogP contribution in [-0.2, 0) is 11.2 Å². The minimum atomic E-state index is -0.482. The third-order valence-electron chi connectivity index (χ3n) is 1.84. The van der Waals surface area contributed by atoms with Crippen LogP contribution in [-0.4, -0.2) is 16.7 Å². The van der Waals surface area contributed by atoms with Crippen LogP contribution in [0.5, 0.6) is 0 Å². The van der Waals surface area contributed by atoms with Gasteiger partial charge in [0.1, 0.15) is 5.60 Å². The molecule has 4 nitrogen and oxygen atoms in total. The molecule has 0 fully saturated rings. The molecule has 90 valence electrons. The highest BCUT2D eigenvalue weighted by atomic mass is 32.1. The molecule has 1 aromatic rings. The van der Waals surface area contributed by atoms with Crippen LogP contribution in [0.1, 0.15) is 38.3 Å². The summed E-state index contributed by atoms with van der Waals surface area (Å²) >= 11 is 1.47. The van der Waals surface area contributed by atoms with Crippen molar-refractivity contribution >= 4 is 22.6 Å². The van der Waals surface area contributed by atoms with Gasteiger partial charge in [0, 0.05) is 4.88 Å². The van der Waals surface area contributed by atoms with E-state index < -0.39 is 11.7 Å². The third kappa shape index (κ3) is 3.81. The quantitative estimate of drug-likeness (QED) is 0.865. The average Bonchev–Trinajstić information content (AvgIpc) is 2.42. The molecule has 1 N–H and O–H groups in total. The molecule has 5 heteroatoms. The Hall–Kier alpha value is -1.10. The van der Waals surface area contributed by atoms with Gasteiger partial charge in [0.15, 0.2) is 5.13 Å². The van der Waals surface area contributed by atoms with Gasteiger partial charge in [0.05, 0.1) is 5.69 Å². The van der Waals surface area contributed by atoms with E-state index in [1.54, 1.807) is 0 Å². The number of hydrogen-bond donors (Lipinski definition) is 1. The van der Waals surface area contributed by atoms with E-state index in [2.05, 4.69) is 10.3 Å². The summed E-state index contributed by atoms with van der Waals surface area (Å²) in [5, 5.41) is 3.24. The van der Waals surface area contributed by atoms with E-state index in [9.17, 15) is 4.79 Å². The molecule has 1 rings (SSSR count). The van der Waals surface area contributed by atoms with Gasteiger partial charge in [-0.2, -0.15) is 0 Å². The Balaban J connectivity index is 2.63. The number of hydrogen-bond acceptors (Lipinski definition) is 4. The fourth-order valence-electron chi connectivity index (χ4n) is 1.20. The van der Waals surface area contributed by atoms with Gasteiger partial charge in [-0.1, -0.05) is 6.92 Å². The molecule has 0 aliphatic rings. The van der Waals surface area contributed by atoms with Crippen molar-refractivity contribution in [1.82, 2.24) is 4.98 Å². The molecule has 0 unspecified atom stereocenters. The van der Waals surface area contributed by atoms with Gasteiger partial charge in [0.25, 0.3) is 0 Å². The van der Waals surface area contributed by atoms with Gasteiger partial charge >= 0.3 is 6.09 Å². The first kappa shape index (κ1) is 13.0. The highest BCUT2D eigenvalue weighted by Crippen LogP contribution is 2.22. The summed E-state index contributed by atoms with van der Waals surface area (Å²) < 4.78 is 5.14. The molecule has 0 saturated heterocycles. The molecule has 0 aliphatic heterocycles. The number of amides is 1. The number of aromatic nitrogens is 1. The topological polar surface area (TPSA) is 51.2 Å². The monoisotopic (exact) mass is 242 g/mol. The Kier molecular flexibility index (Phi) is 3.91. The number of nitrogens with zero attached hydrogens (tertiary/aromatic N) is 1. The maximum atomic E-state index is 11.5. The number of rotatable bonds is 2. The van der Waals surface area contributed by atoms with E-state index in [4.69, 9.17) is 4.74 Å². The Labute approximate surface area is 100 Å². The zero-order valence-electron chi connectivity index (χ0n) is 10.4. The average molecular weight is 242 g/mol. The van der Waals surface area contributed by atoms with Crippen molar-refractivity contribution in [2.45, 2.75) is 46.6 Å². The normalized spacial score (nSPS) is 11.3. The molecule has 0 spiro atoms. The molecule has 1 aromatic heterocycles. The number of thiazole rings is 1. The van der Waals surface area contributed by atoms with Crippen LogP contribution in [0.4, 0.5) is 9.93 Å². The van der Waals surface area contributed by atoms with Crippen molar-refractivity contribution in [3.05, 3.63) is 10.6 Å². The SMILES string of the molecule is CCc1nc(NC(=O)OC(C)(C)C)sc1C. The Morgan fingerprint density at radius 3 is 2.56 bits per heavy atom. The summed E-state index contributed by atoms with van der Waals surface area (Å²) in [6, 6.07) is 0. The summed E-state index contributed by atoms with van der Waals surface area (Å²) in [7, 11) is 0. The van der Waals surface area contributed by atoms with E-state index in [0.29, 0.717) is 5.13 Å². The molecule has 0 bridgehead atoms. The molecule has 0 radical (unpaired) electrons. The largest absolute Gasteiger partial charge is 0.444 e. The van der Waals surface area contributed by atoms with Crippen molar-refractivity contribution in [1.29, 1.82) is 0 Å². The lowest BCUT2D eigenvalue weighted by Gasteiger charge is -2.18. The molecule has 16 heavy (non-hydrogen) atoms. The highest BCUT2D eigenvalue weighted by Gasteiger charge is 2.17. The van der Waals surface area contributed by atoms with Crippen molar-refractivity contribution in [2.24, 2.45) is 0 Å². The van der Waals surface area contributed by atoms with Crippen LogP contribution >= 0.6 is 11.3 Å². The van der Waals surface area contributed by atoms with Crippen molar-refractivity contribution < 1.29 is 9.53 Å². The number of ether oxygens (including phenoxy) is 1. The number of carbonyl (C=O) groups is 1. The smallest absolute Gasteiger partial charge is 0.413 e. The highest BCUT2D eigenvalue weighted by molar-refractivity contribution is 7.15. The molecule has 0 atom stereocenters. The fourth-order valence-corrected chi connectivity index (χ4v) is 2.09. The first-order valence-corrected chi connectivity index (χ1v) is 6.09. The van der Waals surface area contributed by atoms with E-state index in [-0.39, 0.29) is 0 Å². The first-order valence-electron chi connectivity index (χ1n) is 5.28. The molecular weight excluding hydrogens is 224 g/mol. The third-order valence-corrected chi connectivity index (χ3v) is 2.76. The van der Waals surface area contributed by atoms with Gasteiger partial charge in [-0.05, 0) is 34.1 Å². The maximum absolute atomic E-state index is 11.5. The fraction of sp³-hybridized carbons (Fsp3) is 0.636. The van der Waals surface area contributed by atoms with Crippen LogP contribution in [0.3, 0.4) is 0 Å². The summed E-state index contributed by atoms with van der Waals surface area (Å²) in [5.41, 5.74) is 0.542. The maximum Gasteiger partial charge on any atom is 0.413 e. The first-order chi connectivity index (χ1) is 7.31. The second kappa shape index (κ2) is 4.82. The zero-order valence-corrected chi connectivity index (χ0v) is 11.2. The van der Waals surface area contributed by atoms with E-state index in [1.807, 2.05) is 34.6 Å². The lowest BCUT2D eigenvalue weighted by Crippen LogP contribution is -2.27. The molecular formula is C11H18N2O2S. The molecule has 0 aromatic carbocycles. The molecule has 1 amide bonds.